The standard InChI is InChI=1S/C15H24N4O2/c1-11-9-14(20)17-15(16-11)13-10-19(7-8-21-13)12-3-5-18(2)6-4-12/h9,12-13H,3-8,10H2,1-2H3,(H,16,17,20)/t13-/m0/s1. The molecule has 2 aliphatic heterocycles. The third-order valence-electron chi connectivity index (χ3n) is 4.50. The van der Waals surface area contributed by atoms with Crippen molar-refractivity contribution in [1.82, 2.24) is 19.8 Å². The Bertz CT molecular complexity index is 537. The highest BCUT2D eigenvalue weighted by Gasteiger charge is 2.30. The number of nitrogens with one attached hydrogen (secondary N) is 1. The number of ether oxygens (including phenoxy) is 1. The molecule has 0 saturated carbocycles. The van der Waals surface area contributed by atoms with Crippen molar-refractivity contribution in [2.24, 2.45) is 0 Å². The summed E-state index contributed by atoms with van der Waals surface area (Å²) in [5, 5.41) is 0. The Morgan fingerprint density at radius 2 is 2.10 bits per heavy atom. The summed E-state index contributed by atoms with van der Waals surface area (Å²) in [5.41, 5.74) is 0.645. The fourth-order valence-corrected chi connectivity index (χ4v) is 3.28. The van der Waals surface area contributed by atoms with Gasteiger partial charge in [-0.15, -0.1) is 0 Å². The van der Waals surface area contributed by atoms with E-state index in [-0.39, 0.29) is 11.7 Å². The Morgan fingerprint density at radius 1 is 1.33 bits per heavy atom. The normalized spacial score (nSPS) is 26.1. The van der Waals surface area contributed by atoms with Crippen molar-refractivity contribution in [2.75, 3.05) is 39.8 Å². The molecule has 1 atom stereocenters. The molecule has 3 heterocycles. The highest BCUT2D eigenvalue weighted by Crippen LogP contribution is 2.24. The first kappa shape index (κ1) is 14.7. The molecule has 0 spiro atoms. The Labute approximate surface area is 125 Å². The summed E-state index contributed by atoms with van der Waals surface area (Å²) in [6.07, 6.45) is 2.30. The van der Waals surface area contributed by atoms with Crippen molar-refractivity contribution >= 4 is 0 Å². The lowest BCUT2D eigenvalue weighted by atomic mass is 10.0. The van der Waals surface area contributed by atoms with E-state index in [1.54, 1.807) is 0 Å². The zero-order valence-corrected chi connectivity index (χ0v) is 12.8. The van der Waals surface area contributed by atoms with E-state index >= 15 is 0 Å². The van der Waals surface area contributed by atoms with Gasteiger partial charge in [-0.05, 0) is 39.9 Å². The Hall–Kier alpha value is -1.24. The van der Waals surface area contributed by atoms with E-state index in [1.807, 2.05) is 6.92 Å². The number of hydrogen-bond donors (Lipinski definition) is 1. The largest absolute Gasteiger partial charge is 0.368 e. The average molecular weight is 292 g/mol. The van der Waals surface area contributed by atoms with Crippen LogP contribution in [0.3, 0.4) is 0 Å². The molecular formula is C15H24N4O2. The predicted octanol–water partition coefficient (Wildman–Crippen LogP) is 0.546. The third kappa shape index (κ3) is 3.51. The van der Waals surface area contributed by atoms with Crippen molar-refractivity contribution in [3.05, 3.63) is 27.9 Å². The van der Waals surface area contributed by atoms with E-state index in [4.69, 9.17) is 4.74 Å². The number of morpholine rings is 1. The molecule has 1 N–H and O–H groups in total. The van der Waals surface area contributed by atoms with Crippen LogP contribution in [0, 0.1) is 6.92 Å². The van der Waals surface area contributed by atoms with E-state index in [9.17, 15) is 4.79 Å². The fraction of sp³-hybridized carbons (Fsp3) is 0.733. The molecule has 1 aromatic rings. The van der Waals surface area contributed by atoms with Crippen LogP contribution in [0.1, 0.15) is 30.5 Å². The molecule has 0 aromatic carbocycles. The smallest absolute Gasteiger partial charge is 0.251 e. The maximum Gasteiger partial charge on any atom is 0.251 e. The minimum Gasteiger partial charge on any atom is -0.368 e. The van der Waals surface area contributed by atoms with Gasteiger partial charge in [-0.25, -0.2) is 4.98 Å². The topological polar surface area (TPSA) is 61.5 Å². The number of hydrogen-bond acceptors (Lipinski definition) is 5. The van der Waals surface area contributed by atoms with Crippen LogP contribution in [0.5, 0.6) is 0 Å². The second-order valence-corrected chi connectivity index (χ2v) is 6.16. The number of H-pyrrole nitrogens is 1. The zero-order valence-electron chi connectivity index (χ0n) is 12.8. The van der Waals surface area contributed by atoms with Gasteiger partial charge in [0.05, 0.1) is 6.61 Å². The molecular weight excluding hydrogens is 268 g/mol. The minimum absolute atomic E-state index is 0.0995. The number of nitrogens with zero attached hydrogens (tertiary/aromatic N) is 3. The number of aromatic nitrogens is 2. The van der Waals surface area contributed by atoms with Crippen molar-refractivity contribution < 1.29 is 4.74 Å². The molecule has 6 nitrogen and oxygen atoms in total. The van der Waals surface area contributed by atoms with Gasteiger partial charge in [0.15, 0.2) is 0 Å². The zero-order chi connectivity index (χ0) is 14.8. The quantitative estimate of drug-likeness (QED) is 0.862. The molecule has 2 saturated heterocycles. The number of likely N-dealkylation sites (tertiary alicyclic amines) is 1. The van der Waals surface area contributed by atoms with Crippen LogP contribution in [-0.2, 0) is 4.74 Å². The summed E-state index contributed by atoms with van der Waals surface area (Å²) in [7, 11) is 2.18. The lowest BCUT2D eigenvalue weighted by Crippen LogP contribution is -2.49. The van der Waals surface area contributed by atoms with Gasteiger partial charge >= 0.3 is 0 Å². The highest BCUT2D eigenvalue weighted by molar-refractivity contribution is 5.03. The van der Waals surface area contributed by atoms with Gasteiger partial charge < -0.3 is 14.6 Å². The summed E-state index contributed by atoms with van der Waals surface area (Å²) in [6, 6.07) is 2.14. The van der Waals surface area contributed by atoms with Crippen molar-refractivity contribution in [2.45, 2.75) is 31.9 Å². The second kappa shape index (κ2) is 6.25. The summed E-state index contributed by atoms with van der Waals surface area (Å²) >= 11 is 0. The van der Waals surface area contributed by atoms with Crippen LogP contribution >= 0.6 is 0 Å². The first-order valence-corrected chi connectivity index (χ1v) is 7.74. The van der Waals surface area contributed by atoms with E-state index in [0.29, 0.717) is 18.5 Å². The SMILES string of the molecule is Cc1cc(=O)[nH]c([C@@H]2CN(C3CCN(C)CC3)CCO2)n1. The number of aromatic amines is 1. The molecule has 2 aliphatic rings. The molecule has 0 unspecified atom stereocenters. The van der Waals surface area contributed by atoms with Gasteiger partial charge in [0, 0.05) is 30.9 Å². The third-order valence-corrected chi connectivity index (χ3v) is 4.50. The molecule has 1 aromatic heterocycles. The molecule has 0 aliphatic carbocycles. The minimum atomic E-state index is -0.119. The second-order valence-electron chi connectivity index (χ2n) is 6.16. The van der Waals surface area contributed by atoms with Gasteiger partial charge in [-0.3, -0.25) is 9.69 Å². The molecule has 0 amide bonds. The maximum absolute atomic E-state index is 11.6. The molecule has 116 valence electrons. The first-order valence-electron chi connectivity index (χ1n) is 7.74. The van der Waals surface area contributed by atoms with Crippen LogP contribution in [0.2, 0.25) is 0 Å². The Kier molecular flexibility index (Phi) is 4.37. The maximum atomic E-state index is 11.6. The average Bonchev–Trinajstić information content (AvgIpc) is 2.47. The van der Waals surface area contributed by atoms with Gasteiger partial charge in [-0.2, -0.15) is 0 Å². The van der Waals surface area contributed by atoms with Crippen LogP contribution in [0.4, 0.5) is 0 Å². The fourth-order valence-electron chi connectivity index (χ4n) is 3.28. The van der Waals surface area contributed by atoms with Crippen LogP contribution in [0.25, 0.3) is 0 Å². The molecule has 0 bridgehead atoms. The first-order chi connectivity index (χ1) is 10.1. The van der Waals surface area contributed by atoms with Crippen LogP contribution in [0.15, 0.2) is 10.9 Å². The van der Waals surface area contributed by atoms with E-state index < -0.39 is 0 Å². The van der Waals surface area contributed by atoms with Crippen molar-refractivity contribution in [3.63, 3.8) is 0 Å². The van der Waals surface area contributed by atoms with E-state index in [0.717, 1.165) is 31.9 Å². The van der Waals surface area contributed by atoms with Crippen LogP contribution in [-0.4, -0.2) is 65.6 Å². The summed E-state index contributed by atoms with van der Waals surface area (Å²) in [4.78, 5) is 23.7. The number of rotatable bonds is 2. The molecule has 3 rings (SSSR count). The number of piperidine rings is 1. The van der Waals surface area contributed by atoms with Crippen LogP contribution < -0.4 is 5.56 Å². The van der Waals surface area contributed by atoms with Gasteiger partial charge in [0.2, 0.25) is 0 Å². The molecule has 21 heavy (non-hydrogen) atoms. The Balaban J connectivity index is 1.69. The van der Waals surface area contributed by atoms with E-state index in [1.165, 1.54) is 18.9 Å². The van der Waals surface area contributed by atoms with Gasteiger partial charge in [0.25, 0.3) is 5.56 Å². The molecule has 0 radical (unpaired) electrons. The van der Waals surface area contributed by atoms with Crippen molar-refractivity contribution in [3.8, 4) is 0 Å². The summed E-state index contributed by atoms with van der Waals surface area (Å²) < 4.78 is 5.83. The number of aryl methyl sites for hydroxylation is 1. The molecule has 2 fully saturated rings. The lowest BCUT2D eigenvalue weighted by Gasteiger charge is -2.41. The lowest BCUT2D eigenvalue weighted by molar-refractivity contribution is -0.0564. The predicted molar refractivity (Wildman–Crippen MR) is 80.4 cm³/mol. The summed E-state index contributed by atoms with van der Waals surface area (Å²) in [5.74, 6) is 0.664. The van der Waals surface area contributed by atoms with Gasteiger partial charge in [-0.1, -0.05) is 0 Å². The molecule has 6 heteroatoms. The monoisotopic (exact) mass is 292 g/mol. The summed E-state index contributed by atoms with van der Waals surface area (Å²) in [6.45, 7) is 6.66. The van der Waals surface area contributed by atoms with E-state index in [2.05, 4.69) is 26.8 Å². The Morgan fingerprint density at radius 3 is 2.81 bits per heavy atom. The van der Waals surface area contributed by atoms with Gasteiger partial charge in [0.1, 0.15) is 11.9 Å². The van der Waals surface area contributed by atoms with Crippen molar-refractivity contribution in [1.29, 1.82) is 0 Å². The highest BCUT2D eigenvalue weighted by atomic mass is 16.5.